The molecule has 0 radical (unpaired) electrons. The minimum absolute atomic E-state index is 0.0574. The number of rotatable bonds is 9. The minimum Gasteiger partial charge on any atom is -0.449 e. The molecule has 5 amide bonds. The Hall–Kier alpha value is -4.74. The molecule has 1 saturated heterocycles. The SMILES string of the molecule is C[C@H](NC(=O)OCC1c2ccccc2-c2ccccc21)C(=O)N[C@@H](C)C(=O)N[C@@H](C)C(=O)ON1C(=O)CCC1=O. The van der Waals surface area contributed by atoms with E-state index in [0.717, 1.165) is 22.3 Å². The van der Waals surface area contributed by atoms with Gasteiger partial charge in [-0.15, -0.1) is 5.06 Å². The van der Waals surface area contributed by atoms with Gasteiger partial charge < -0.3 is 25.5 Å². The van der Waals surface area contributed by atoms with Gasteiger partial charge in [-0.3, -0.25) is 19.2 Å². The van der Waals surface area contributed by atoms with E-state index in [0.29, 0.717) is 5.06 Å². The Bertz CT molecular complexity index is 1300. The standard InChI is InChI=1S/C28H30N4O8/c1-15(25(35)30-17(3)27(37)40-32-23(33)12-13-24(32)34)29-26(36)16(2)31-28(38)39-14-22-20-10-6-4-8-18(20)19-9-5-7-11-21(19)22/h4-11,15-17,22H,12-14H2,1-3H3,(H,29,36)(H,30,35)(H,31,38)/t15-,16-,17-/m0/s1. The van der Waals surface area contributed by atoms with Crippen molar-refractivity contribution in [3.8, 4) is 11.1 Å². The minimum atomic E-state index is -1.20. The molecule has 1 fully saturated rings. The molecule has 3 N–H and O–H groups in total. The van der Waals surface area contributed by atoms with E-state index in [2.05, 4.69) is 16.0 Å². The fourth-order valence-electron chi connectivity index (χ4n) is 4.51. The Balaban J connectivity index is 1.23. The maximum absolute atomic E-state index is 12.6. The number of benzene rings is 2. The summed E-state index contributed by atoms with van der Waals surface area (Å²) in [6.45, 7) is 4.21. The largest absolute Gasteiger partial charge is 0.449 e. The Morgan fingerprint density at radius 3 is 1.80 bits per heavy atom. The molecular weight excluding hydrogens is 520 g/mol. The van der Waals surface area contributed by atoms with Gasteiger partial charge in [0, 0.05) is 18.8 Å². The third-order valence-corrected chi connectivity index (χ3v) is 6.72. The van der Waals surface area contributed by atoms with Gasteiger partial charge in [0.2, 0.25) is 11.8 Å². The number of nitrogens with zero attached hydrogens (tertiary/aromatic N) is 1. The fraction of sp³-hybridized carbons (Fsp3) is 0.357. The van der Waals surface area contributed by atoms with E-state index in [1.54, 1.807) is 0 Å². The number of amides is 5. The summed E-state index contributed by atoms with van der Waals surface area (Å²) >= 11 is 0. The van der Waals surface area contributed by atoms with Crippen molar-refractivity contribution in [3.63, 3.8) is 0 Å². The highest BCUT2D eigenvalue weighted by atomic mass is 16.7. The molecule has 0 saturated carbocycles. The van der Waals surface area contributed by atoms with Gasteiger partial charge in [0.1, 0.15) is 24.7 Å². The van der Waals surface area contributed by atoms with Crippen molar-refractivity contribution in [2.24, 2.45) is 0 Å². The van der Waals surface area contributed by atoms with E-state index in [4.69, 9.17) is 9.57 Å². The van der Waals surface area contributed by atoms with Gasteiger partial charge in [0.15, 0.2) is 0 Å². The van der Waals surface area contributed by atoms with Crippen LogP contribution >= 0.6 is 0 Å². The zero-order chi connectivity index (χ0) is 29.0. The molecule has 0 spiro atoms. The number of carbonyl (C=O) groups excluding carboxylic acids is 6. The molecule has 1 aliphatic carbocycles. The Morgan fingerprint density at radius 1 is 0.775 bits per heavy atom. The van der Waals surface area contributed by atoms with Crippen LogP contribution in [0.1, 0.15) is 50.7 Å². The highest BCUT2D eigenvalue weighted by molar-refractivity contribution is 6.02. The van der Waals surface area contributed by atoms with E-state index in [9.17, 15) is 28.8 Å². The number of carbonyl (C=O) groups is 6. The van der Waals surface area contributed by atoms with E-state index >= 15 is 0 Å². The van der Waals surface area contributed by atoms with Crippen LogP contribution in [0.25, 0.3) is 11.1 Å². The van der Waals surface area contributed by atoms with Crippen molar-refractivity contribution in [1.82, 2.24) is 21.0 Å². The van der Waals surface area contributed by atoms with Crippen LogP contribution in [0.15, 0.2) is 48.5 Å². The van der Waals surface area contributed by atoms with Gasteiger partial charge in [0.25, 0.3) is 11.8 Å². The van der Waals surface area contributed by atoms with Crippen LogP contribution in [0.2, 0.25) is 0 Å². The summed E-state index contributed by atoms with van der Waals surface area (Å²) in [5.41, 5.74) is 4.29. The third-order valence-electron chi connectivity index (χ3n) is 6.72. The number of nitrogens with one attached hydrogen (secondary N) is 3. The summed E-state index contributed by atoms with van der Waals surface area (Å²) in [5, 5.41) is 7.63. The Labute approximate surface area is 230 Å². The molecule has 12 nitrogen and oxygen atoms in total. The topological polar surface area (TPSA) is 160 Å². The first kappa shape index (κ1) is 28.3. The number of alkyl carbamates (subject to hydrolysis) is 1. The van der Waals surface area contributed by atoms with Crippen LogP contribution in [0.4, 0.5) is 4.79 Å². The van der Waals surface area contributed by atoms with Crippen LogP contribution in [-0.4, -0.2) is 65.5 Å². The second kappa shape index (κ2) is 12.0. The molecule has 4 rings (SSSR count). The van der Waals surface area contributed by atoms with Crippen molar-refractivity contribution >= 4 is 35.7 Å². The second-order valence-electron chi connectivity index (χ2n) is 9.64. The first-order valence-electron chi connectivity index (χ1n) is 12.9. The summed E-state index contributed by atoms with van der Waals surface area (Å²) in [6, 6.07) is 12.5. The van der Waals surface area contributed by atoms with E-state index in [1.165, 1.54) is 20.8 Å². The molecule has 40 heavy (non-hydrogen) atoms. The van der Waals surface area contributed by atoms with E-state index < -0.39 is 53.8 Å². The normalized spacial score (nSPS) is 16.3. The highest BCUT2D eigenvalue weighted by Crippen LogP contribution is 2.44. The highest BCUT2D eigenvalue weighted by Gasteiger charge is 2.35. The van der Waals surface area contributed by atoms with Crippen molar-refractivity contribution in [2.45, 2.75) is 57.7 Å². The molecule has 1 aliphatic heterocycles. The molecule has 0 aromatic heterocycles. The summed E-state index contributed by atoms with van der Waals surface area (Å²) in [6.07, 6.45) is -0.903. The Morgan fingerprint density at radius 2 is 1.25 bits per heavy atom. The van der Waals surface area contributed by atoms with Crippen LogP contribution in [-0.2, 0) is 33.5 Å². The molecule has 210 valence electrons. The summed E-state index contributed by atoms with van der Waals surface area (Å²) in [7, 11) is 0. The van der Waals surface area contributed by atoms with Crippen LogP contribution < -0.4 is 16.0 Å². The first-order chi connectivity index (χ1) is 19.1. The zero-order valence-corrected chi connectivity index (χ0v) is 22.3. The van der Waals surface area contributed by atoms with Crippen molar-refractivity contribution < 1.29 is 38.3 Å². The third kappa shape index (κ3) is 6.11. The molecule has 0 unspecified atom stereocenters. The zero-order valence-electron chi connectivity index (χ0n) is 22.3. The lowest BCUT2D eigenvalue weighted by molar-refractivity contribution is -0.198. The number of ether oxygens (including phenoxy) is 1. The molecule has 0 bridgehead atoms. The quantitative estimate of drug-likeness (QED) is 0.396. The molecule has 3 atom stereocenters. The maximum atomic E-state index is 12.6. The predicted molar refractivity (Wildman–Crippen MR) is 140 cm³/mol. The van der Waals surface area contributed by atoms with Crippen molar-refractivity contribution in [3.05, 3.63) is 59.7 Å². The predicted octanol–water partition coefficient (Wildman–Crippen LogP) is 1.53. The number of hydrogen-bond acceptors (Lipinski definition) is 8. The van der Waals surface area contributed by atoms with Gasteiger partial charge in [-0.2, -0.15) is 0 Å². The molecule has 12 heteroatoms. The fourth-order valence-corrected chi connectivity index (χ4v) is 4.51. The monoisotopic (exact) mass is 550 g/mol. The number of hydrogen-bond donors (Lipinski definition) is 3. The van der Waals surface area contributed by atoms with Gasteiger partial charge in [0.05, 0.1) is 0 Å². The number of hydroxylamine groups is 2. The van der Waals surface area contributed by atoms with E-state index in [-0.39, 0.29) is 25.4 Å². The summed E-state index contributed by atoms with van der Waals surface area (Å²) < 4.78 is 5.45. The Kier molecular flexibility index (Phi) is 8.46. The lowest BCUT2D eigenvalue weighted by atomic mass is 9.98. The molecular formula is C28H30N4O8. The average molecular weight is 551 g/mol. The average Bonchev–Trinajstić information content (AvgIpc) is 3.43. The molecule has 2 aromatic carbocycles. The molecule has 2 aliphatic rings. The summed E-state index contributed by atoms with van der Waals surface area (Å²) in [5.74, 6) is -3.81. The van der Waals surface area contributed by atoms with Gasteiger partial charge in [-0.25, -0.2) is 9.59 Å². The van der Waals surface area contributed by atoms with Crippen molar-refractivity contribution in [1.29, 1.82) is 0 Å². The lowest BCUT2D eigenvalue weighted by Gasteiger charge is -2.21. The van der Waals surface area contributed by atoms with Gasteiger partial charge >= 0.3 is 12.1 Å². The smallest absolute Gasteiger partial charge is 0.407 e. The lowest BCUT2D eigenvalue weighted by Crippen LogP contribution is -2.54. The first-order valence-corrected chi connectivity index (χ1v) is 12.9. The second-order valence-corrected chi connectivity index (χ2v) is 9.64. The van der Waals surface area contributed by atoms with Crippen LogP contribution in [0.5, 0.6) is 0 Å². The number of fused-ring (bicyclic) bond motifs is 3. The maximum Gasteiger partial charge on any atom is 0.407 e. The summed E-state index contributed by atoms with van der Waals surface area (Å²) in [4.78, 5) is 77.6. The van der Waals surface area contributed by atoms with Gasteiger partial charge in [-0.05, 0) is 43.0 Å². The van der Waals surface area contributed by atoms with Crippen molar-refractivity contribution in [2.75, 3.05) is 6.61 Å². The van der Waals surface area contributed by atoms with Crippen LogP contribution in [0.3, 0.4) is 0 Å². The van der Waals surface area contributed by atoms with Crippen LogP contribution in [0, 0.1) is 0 Å². The molecule has 2 aromatic rings. The number of imide groups is 1. The molecule has 1 heterocycles. The van der Waals surface area contributed by atoms with E-state index in [1.807, 2.05) is 48.5 Å². The van der Waals surface area contributed by atoms with Gasteiger partial charge in [-0.1, -0.05) is 48.5 Å².